The maximum absolute atomic E-state index is 13.9. The van der Waals surface area contributed by atoms with Gasteiger partial charge in [0.1, 0.15) is 11.6 Å². The maximum Gasteiger partial charge on any atom is 0.240 e. The molecule has 1 saturated carbocycles. The molecule has 140 valence electrons. The molecule has 0 amide bonds. The normalized spacial score (nSPS) is 20.4. The fraction of sp³-hybridized carbons (Fsp3) is 0.368. The van der Waals surface area contributed by atoms with Gasteiger partial charge >= 0.3 is 0 Å². The number of benzene rings is 2. The number of halogens is 2. The van der Waals surface area contributed by atoms with E-state index >= 15 is 0 Å². The average Bonchev–Trinajstić information content (AvgIpc) is 3.02. The van der Waals surface area contributed by atoms with E-state index in [1.807, 2.05) is 0 Å². The molecule has 0 aromatic heterocycles. The van der Waals surface area contributed by atoms with E-state index in [-0.39, 0.29) is 23.1 Å². The summed E-state index contributed by atoms with van der Waals surface area (Å²) in [4.78, 5) is 0.106. The van der Waals surface area contributed by atoms with Crippen LogP contribution >= 0.6 is 0 Å². The molecular formula is C19H21F2NO3S. The first-order chi connectivity index (χ1) is 12.4. The van der Waals surface area contributed by atoms with Gasteiger partial charge in [-0.2, -0.15) is 0 Å². The molecule has 0 saturated heterocycles. The van der Waals surface area contributed by atoms with E-state index in [9.17, 15) is 17.2 Å². The monoisotopic (exact) mass is 381 g/mol. The van der Waals surface area contributed by atoms with Gasteiger partial charge in [0.25, 0.3) is 0 Å². The van der Waals surface area contributed by atoms with Gasteiger partial charge in [-0.15, -0.1) is 0 Å². The third-order valence-electron chi connectivity index (χ3n) is 4.81. The molecule has 1 fully saturated rings. The van der Waals surface area contributed by atoms with Crippen LogP contribution in [0, 0.1) is 17.6 Å². The van der Waals surface area contributed by atoms with E-state index < -0.39 is 21.7 Å². The molecule has 4 nitrogen and oxygen atoms in total. The summed E-state index contributed by atoms with van der Waals surface area (Å²) in [5.74, 6) is -1.01. The van der Waals surface area contributed by atoms with E-state index in [0.717, 1.165) is 31.4 Å². The van der Waals surface area contributed by atoms with Gasteiger partial charge in [-0.3, -0.25) is 0 Å². The summed E-state index contributed by atoms with van der Waals surface area (Å²) in [5.41, 5.74) is 0.691. The molecule has 0 heterocycles. The molecule has 0 spiro atoms. The number of aliphatic hydroxyl groups excluding tert-OH is 1. The molecule has 2 aromatic carbocycles. The molecule has 2 N–H and O–H groups in total. The fourth-order valence-electron chi connectivity index (χ4n) is 3.45. The Hall–Kier alpha value is -1.83. The lowest BCUT2D eigenvalue weighted by Gasteiger charge is -2.14. The van der Waals surface area contributed by atoms with Crippen molar-refractivity contribution < 1.29 is 22.3 Å². The minimum Gasteiger partial charge on any atom is -0.396 e. The van der Waals surface area contributed by atoms with Crippen molar-refractivity contribution in [2.45, 2.75) is 36.6 Å². The zero-order valence-electron chi connectivity index (χ0n) is 14.2. The first-order valence-electron chi connectivity index (χ1n) is 8.58. The Kier molecular flexibility index (Phi) is 5.70. The third kappa shape index (κ3) is 4.28. The molecule has 2 atom stereocenters. The Morgan fingerprint density at radius 3 is 2.46 bits per heavy atom. The molecule has 1 aliphatic rings. The molecule has 7 heteroatoms. The lowest BCUT2D eigenvalue weighted by molar-refractivity contribution is 0.257. The highest BCUT2D eigenvalue weighted by Crippen LogP contribution is 2.29. The Morgan fingerprint density at radius 2 is 1.81 bits per heavy atom. The first kappa shape index (κ1) is 18.9. The summed E-state index contributed by atoms with van der Waals surface area (Å²) < 4.78 is 54.6. The van der Waals surface area contributed by atoms with Crippen LogP contribution in [0.3, 0.4) is 0 Å². The lowest BCUT2D eigenvalue weighted by atomic mass is 10.1. The minimum absolute atomic E-state index is 0.106. The van der Waals surface area contributed by atoms with Crippen LogP contribution in [0.4, 0.5) is 8.78 Å². The largest absolute Gasteiger partial charge is 0.396 e. The fourth-order valence-corrected chi connectivity index (χ4v) is 4.73. The molecule has 26 heavy (non-hydrogen) atoms. The van der Waals surface area contributed by atoms with Crippen molar-refractivity contribution in [2.75, 3.05) is 6.61 Å². The van der Waals surface area contributed by atoms with Crippen molar-refractivity contribution in [1.29, 1.82) is 0 Å². The number of aliphatic hydroxyl groups is 1. The van der Waals surface area contributed by atoms with Crippen LogP contribution in [0.25, 0.3) is 11.1 Å². The SMILES string of the molecule is O=S(=O)(NC1CC[C@H](CCO)C1)c1ccc(-c2ccc(F)cc2F)cc1. The molecule has 0 radical (unpaired) electrons. The van der Waals surface area contributed by atoms with Crippen molar-refractivity contribution in [3.05, 3.63) is 54.1 Å². The Bertz CT molecular complexity index is 869. The number of hydrogen-bond donors (Lipinski definition) is 2. The van der Waals surface area contributed by atoms with E-state index in [1.54, 1.807) is 0 Å². The van der Waals surface area contributed by atoms with Crippen molar-refractivity contribution in [3.63, 3.8) is 0 Å². The predicted octanol–water partition coefficient (Wildman–Crippen LogP) is 3.46. The second-order valence-corrected chi connectivity index (χ2v) is 8.37. The molecular weight excluding hydrogens is 360 g/mol. The summed E-state index contributed by atoms with van der Waals surface area (Å²) in [6.07, 6.45) is 3.06. The van der Waals surface area contributed by atoms with E-state index in [4.69, 9.17) is 5.11 Å². The number of nitrogens with one attached hydrogen (secondary N) is 1. The highest BCUT2D eigenvalue weighted by molar-refractivity contribution is 7.89. The van der Waals surface area contributed by atoms with E-state index in [2.05, 4.69) is 4.72 Å². The van der Waals surface area contributed by atoms with Gasteiger partial charge in [0.15, 0.2) is 0 Å². The number of sulfonamides is 1. The topological polar surface area (TPSA) is 66.4 Å². The number of rotatable bonds is 6. The maximum atomic E-state index is 13.9. The van der Waals surface area contributed by atoms with Crippen LogP contribution < -0.4 is 4.72 Å². The van der Waals surface area contributed by atoms with Gasteiger partial charge in [0.05, 0.1) is 4.90 Å². The summed E-state index contributed by atoms with van der Waals surface area (Å²) in [6.45, 7) is 0.117. The smallest absolute Gasteiger partial charge is 0.240 e. The first-order valence-corrected chi connectivity index (χ1v) is 10.1. The molecule has 0 bridgehead atoms. The van der Waals surface area contributed by atoms with Gasteiger partial charge in [-0.1, -0.05) is 12.1 Å². The quantitative estimate of drug-likeness (QED) is 0.805. The Morgan fingerprint density at radius 1 is 1.08 bits per heavy atom. The van der Waals surface area contributed by atoms with E-state index in [0.29, 0.717) is 17.9 Å². The molecule has 2 aromatic rings. The zero-order valence-corrected chi connectivity index (χ0v) is 15.0. The Balaban J connectivity index is 1.73. The average molecular weight is 381 g/mol. The van der Waals surface area contributed by atoms with Gasteiger partial charge in [-0.05, 0) is 61.4 Å². The van der Waals surface area contributed by atoms with Gasteiger partial charge < -0.3 is 5.11 Å². The highest BCUT2D eigenvalue weighted by atomic mass is 32.2. The third-order valence-corrected chi connectivity index (χ3v) is 6.34. The van der Waals surface area contributed by atoms with Gasteiger partial charge in [0, 0.05) is 24.3 Å². The van der Waals surface area contributed by atoms with Gasteiger partial charge in [0.2, 0.25) is 10.0 Å². The van der Waals surface area contributed by atoms with Crippen LogP contribution in [0.15, 0.2) is 47.4 Å². The van der Waals surface area contributed by atoms with Crippen LogP contribution in [0.2, 0.25) is 0 Å². The molecule has 3 rings (SSSR count). The van der Waals surface area contributed by atoms with Crippen LogP contribution in [-0.2, 0) is 10.0 Å². The molecule has 1 aliphatic carbocycles. The Labute approximate surface area is 151 Å². The van der Waals surface area contributed by atoms with Gasteiger partial charge in [-0.25, -0.2) is 21.9 Å². The molecule has 1 unspecified atom stereocenters. The van der Waals surface area contributed by atoms with Crippen molar-refractivity contribution in [2.24, 2.45) is 5.92 Å². The van der Waals surface area contributed by atoms with Crippen molar-refractivity contribution in [1.82, 2.24) is 4.72 Å². The minimum atomic E-state index is -3.66. The second kappa shape index (κ2) is 7.82. The van der Waals surface area contributed by atoms with E-state index in [1.165, 1.54) is 30.3 Å². The molecule has 0 aliphatic heterocycles. The van der Waals surface area contributed by atoms with Crippen LogP contribution in [-0.4, -0.2) is 26.2 Å². The lowest BCUT2D eigenvalue weighted by Crippen LogP contribution is -2.33. The summed E-state index contributed by atoms with van der Waals surface area (Å²) in [6, 6.07) is 9.00. The summed E-state index contributed by atoms with van der Waals surface area (Å²) in [7, 11) is -3.66. The standard InChI is InChI=1S/C19H21F2NO3S/c20-15-4-8-18(19(21)12-15)14-2-6-17(7-3-14)26(24,25)22-16-5-1-13(11-16)9-10-23/h2-4,6-8,12-13,16,22-23H,1,5,9-11H2/t13-,16?/m1/s1. The van der Waals surface area contributed by atoms with Crippen molar-refractivity contribution >= 4 is 10.0 Å². The second-order valence-electron chi connectivity index (χ2n) is 6.66. The van der Waals surface area contributed by atoms with Crippen molar-refractivity contribution in [3.8, 4) is 11.1 Å². The summed E-state index contributed by atoms with van der Waals surface area (Å²) in [5, 5.41) is 8.99. The highest BCUT2D eigenvalue weighted by Gasteiger charge is 2.28. The summed E-state index contributed by atoms with van der Waals surface area (Å²) >= 11 is 0. The van der Waals surface area contributed by atoms with Crippen LogP contribution in [0.5, 0.6) is 0 Å². The zero-order chi connectivity index (χ0) is 18.7. The predicted molar refractivity (Wildman–Crippen MR) is 94.9 cm³/mol. The number of hydrogen-bond acceptors (Lipinski definition) is 3. The van der Waals surface area contributed by atoms with Crippen LogP contribution in [0.1, 0.15) is 25.7 Å².